The van der Waals surface area contributed by atoms with E-state index in [0.717, 1.165) is 164 Å². The Kier molecular flexibility index (Phi) is 30.2. The lowest BCUT2D eigenvalue weighted by Crippen LogP contribution is -2.30. The largest absolute Gasteiger partial charge is 0.481 e. The van der Waals surface area contributed by atoms with E-state index in [0.29, 0.717) is 49.2 Å². The maximum absolute atomic E-state index is 13.9. The molecule has 0 saturated carbocycles. The number of rotatable bonds is 32. The number of fused-ring (bicyclic) bond motifs is 8. The van der Waals surface area contributed by atoms with Crippen molar-refractivity contribution in [2.75, 3.05) is 52.6 Å². The van der Waals surface area contributed by atoms with Gasteiger partial charge in [-0.25, -0.2) is 0 Å². The minimum Gasteiger partial charge on any atom is -0.481 e. The van der Waals surface area contributed by atoms with E-state index in [1.54, 1.807) is 0 Å². The van der Waals surface area contributed by atoms with E-state index >= 15 is 0 Å². The Morgan fingerprint density at radius 3 is 0.614 bits per heavy atom. The first kappa shape index (κ1) is 74.1. The number of hydrogen-bond donors (Lipinski definition) is 4. The molecule has 12 nitrogen and oxygen atoms in total. The van der Waals surface area contributed by atoms with Crippen LogP contribution in [0.3, 0.4) is 0 Å². The van der Waals surface area contributed by atoms with E-state index in [9.17, 15) is 19.2 Å². The van der Waals surface area contributed by atoms with Gasteiger partial charge in [-0.05, 0) is 118 Å². The molecular formula is C72H108N4O8S4. The number of carbonyl (C=O) groups is 4. The number of hydrogen-bond acceptors (Lipinski definition) is 12. The molecule has 0 atom stereocenters. The predicted octanol–water partition coefficient (Wildman–Crippen LogP) is 18.1. The molecule has 4 N–H and O–H groups in total. The summed E-state index contributed by atoms with van der Waals surface area (Å²) in [7, 11) is 0. The van der Waals surface area contributed by atoms with E-state index in [-0.39, 0.29) is 71.7 Å². The normalized spacial score (nSPS) is 12.7. The minimum atomic E-state index is -0.360. The van der Waals surface area contributed by atoms with E-state index in [2.05, 4.69) is 181 Å². The van der Waals surface area contributed by atoms with E-state index in [1.807, 2.05) is 0 Å². The van der Waals surface area contributed by atoms with Crippen molar-refractivity contribution < 1.29 is 38.1 Å². The van der Waals surface area contributed by atoms with Crippen LogP contribution in [0.5, 0.6) is 23.0 Å². The number of carbonyl (C=O) groups excluding carboxylic acids is 4. The summed E-state index contributed by atoms with van der Waals surface area (Å²) in [5, 5.41) is 12.5. The zero-order valence-corrected chi connectivity index (χ0v) is 59.8. The highest BCUT2D eigenvalue weighted by Crippen LogP contribution is 2.56. The van der Waals surface area contributed by atoms with Crippen LogP contribution < -0.4 is 40.2 Å². The van der Waals surface area contributed by atoms with Crippen LogP contribution in [0.25, 0.3) is 0 Å². The highest BCUT2D eigenvalue weighted by molar-refractivity contribution is 8.01. The summed E-state index contributed by atoms with van der Waals surface area (Å²) in [5.74, 6) is 1.14. The van der Waals surface area contributed by atoms with Gasteiger partial charge in [0.05, 0.1) is 39.2 Å². The number of amides is 4. The summed E-state index contributed by atoms with van der Waals surface area (Å²) in [6.07, 6.45) is 16.4. The fourth-order valence-electron chi connectivity index (χ4n) is 9.56. The summed E-state index contributed by atoms with van der Waals surface area (Å²) < 4.78 is 27.8. The lowest BCUT2D eigenvalue weighted by Gasteiger charge is -2.28. The van der Waals surface area contributed by atoms with Crippen molar-refractivity contribution >= 4 is 70.7 Å². The average Bonchev–Trinajstić information content (AvgIpc) is 3.61. The van der Waals surface area contributed by atoms with Crippen LogP contribution in [0.15, 0.2) is 87.7 Å². The second-order valence-electron chi connectivity index (χ2n) is 27.4. The molecule has 488 valence electrons. The molecule has 4 amide bonds. The fourth-order valence-corrected chi connectivity index (χ4v) is 14.3. The topological polar surface area (TPSA) is 153 Å². The van der Waals surface area contributed by atoms with Crippen LogP contribution in [0.2, 0.25) is 0 Å². The Morgan fingerprint density at radius 1 is 0.295 bits per heavy atom. The second kappa shape index (κ2) is 35.8. The lowest BCUT2D eigenvalue weighted by atomic mass is 9.87. The second-order valence-corrected chi connectivity index (χ2v) is 31.7. The Labute approximate surface area is 547 Å². The molecule has 0 unspecified atom stereocenters. The molecule has 0 fully saturated rings. The molecule has 0 radical (unpaired) electrons. The molecule has 0 spiro atoms. The predicted molar refractivity (Wildman–Crippen MR) is 368 cm³/mol. The van der Waals surface area contributed by atoms with Gasteiger partial charge in [0.1, 0.15) is 23.0 Å². The van der Waals surface area contributed by atoms with E-state index in [1.165, 1.54) is 47.0 Å². The van der Waals surface area contributed by atoms with E-state index < -0.39 is 0 Å². The van der Waals surface area contributed by atoms with Crippen molar-refractivity contribution in [2.24, 2.45) is 0 Å². The first-order valence-corrected chi connectivity index (χ1v) is 36.0. The first-order valence-electron chi connectivity index (χ1n) is 32.7. The molecule has 1 aliphatic heterocycles. The summed E-state index contributed by atoms with van der Waals surface area (Å²) in [5.41, 5.74) is 2.67. The molecule has 4 aromatic rings. The molecule has 16 heteroatoms. The number of benzene rings is 4. The van der Waals surface area contributed by atoms with Crippen LogP contribution in [-0.4, -0.2) is 76.2 Å². The molecule has 8 bridgehead atoms. The van der Waals surface area contributed by atoms with Crippen molar-refractivity contribution in [3.63, 3.8) is 0 Å². The third kappa shape index (κ3) is 24.2. The molecule has 5 rings (SSSR count). The molecule has 0 aromatic heterocycles. The van der Waals surface area contributed by atoms with Gasteiger partial charge in [0.25, 0.3) is 23.6 Å². The standard InChI is InChI=1S/C72H108N4O8S4/c1-17-21-25-29-33-73-61(77)45-81-65-53-37-49(69(5,6)7)38-54(65)86-56-40-51(71(11,12)13)42-58(67(56)83-47-63(79)75-35-31-27-23-19-3)88-60-44-52(72(14,15)16)43-59(68(60)84-48-64(80)76-36-32-28-24-20-4)87-57-41-50(70(8,9)10)39-55(85-53)66(57)82-46-62(78)74-34-30-26-22-18-2/h37-44H,17-36,45-48H2,1-16H3,(H,73,77)(H,74,78)(H,75,79)(H,76,80). The SMILES string of the molecule is CCCCCCNC(=O)COc1c2cc(C(C)(C)C)cc1Sc1cc(C(C)(C)C)cc(c1OCC(=O)NCCCCCC)Sc1cc(C(C)(C)C)cc(c1OCC(=O)NCCCCCC)Sc1cc(C(C)(C)C)cc(c1OCC(=O)NCCCCCC)S2. The number of ether oxygens (including phenoxy) is 4. The van der Waals surface area contributed by atoms with Gasteiger partial charge < -0.3 is 40.2 Å². The van der Waals surface area contributed by atoms with Gasteiger partial charge in [0.2, 0.25) is 0 Å². The van der Waals surface area contributed by atoms with Crippen molar-refractivity contribution in [1.82, 2.24) is 21.3 Å². The summed E-state index contributed by atoms with van der Waals surface area (Å²) in [6.45, 7) is 36.2. The summed E-state index contributed by atoms with van der Waals surface area (Å²) in [4.78, 5) is 61.8. The smallest absolute Gasteiger partial charge is 0.257 e. The van der Waals surface area contributed by atoms with Crippen LogP contribution >= 0.6 is 47.0 Å². The van der Waals surface area contributed by atoms with Crippen LogP contribution in [0.4, 0.5) is 0 Å². The summed E-state index contributed by atoms with van der Waals surface area (Å²) >= 11 is 5.95. The van der Waals surface area contributed by atoms with Crippen molar-refractivity contribution in [1.29, 1.82) is 0 Å². The number of nitrogens with one attached hydrogen (secondary N) is 4. The Morgan fingerprint density at radius 2 is 0.466 bits per heavy atom. The first-order chi connectivity index (χ1) is 41.7. The molecule has 4 aromatic carbocycles. The van der Waals surface area contributed by atoms with Crippen molar-refractivity contribution in [3.8, 4) is 23.0 Å². The Bertz CT molecular complexity index is 2440. The third-order valence-corrected chi connectivity index (χ3v) is 19.4. The lowest BCUT2D eigenvalue weighted by molar-refractivity contribution is -0.123. The highest BCUT2D eigenvalue weighted by Gasteiger charge is 2.32. The molecule has 0 saturated heterocycles. The Balaban J connectivity index is 1.92. The molecular weight excluding hydrogens is 1180 g/mol. The van der Waals surface area contributed by atoms with Gasteiger partial charge in [-0.2, -0.15) is 0 Å². The van der Waals surface area contributed by atoms with Crippen LogP contribution in [-0.2, 0) is 40.8 Å². The zero-order valence-electron chi connectivity index (χ0n) is 56.5. The van der Waals surface area contributed by atoms with Gasteiger partial charge in [0.15, 0.2) is 26.4 Å². The van der Waals surface area contributed by atoms with Gasteiger partial charge in [-0.3, -0.25) is 19.2 Å². The molecule has 88 heavy (non-hydrogen) atoms. The van der Waals surface area contributed by atoms with Crippen LogP contribution in [0, 0.1) is 0 Å². The van der Waals surface area contributed by atoms with Crippen molar-refractivity contribution in [2.45, 2.75) is 274 Å². The third-order valence-electron chi connectivity index (χ3n) is 15.2. The molecule has 1 heterocycles. The highest BCUT2D eigenvalue weighted by atomic mass is 32.2. The molecule has 0 aliphatic carbocycles. The quantitative estimate of drug-likeness (QED) is 0.0303. The van der Waals surface area contributed by atoms with Crippen molar-refractivity contribution in [3.05, 3.63) is 70.8 Å². The zero-order chi connectivity index (χ0) is 64.7. The molecule has 1 aliphatic rings. The number of unbranched alkanes of at least 4 members (excludes halogenated alkanes) is 12. The van der Waals surface area contributed by atoms with Gasteiger partial charge in [-0.1, -0.05) is 235 Å². The van der Waals surface area contributed by atoms with Gasteiger partial charge in [0, 0.05) is 26.2 Å². The summed E-state index contributed by atoms with van der Waals surface area (Å²) in [6, 6.07) is 17.3. The fraction of sp³-hybridized carbons (Fsp3) is 0.611. The average molecular weight is 1290 g/mol. The maximum Gasteiger partial charge on any atom is 0.257 e. The minimum absolute atomic E-state index is 0.222. The van der Waals surface area contributed by atoms with E-state index in [4.69, 9.17) is 18.9 Å². The van der Waals surface area contributed by atoms with Crippen LogP contribution in [0.1, 0.15) is 236 Å². The maximum atomic E-state index is 13.9. The monoisotopic (exact) mass is 1280 g/mol. The van der Waals surface area contributed by atoms with Gasteiger partial charge in [-0.15, -0.1) is 0 Å². The Hall–Kier alpha value is -4.64. The van der Waals surface area contributed by atoms with Gasteiger partial charge >= 0.3 is 0 Å².